The number of amides is 2. The molecule has 0 unspecified atom stereocenters. The van der Waals surface area contributed by atoms with Gasteiger partial charge in [0.05, 0.1) is 10.0 Å². The third-order valence-electron chi connectivity index (χ3n) is 4.41. The maximum Gasteiger partial charge on any atom is 0.411 e. The van der Waals surface area contributed by atoms with Gasteiger partial charge in [0.1, 0.15) is 17.5 Å². The average molecular weight is 419 g/mol. The third kappa shape index (κ3) is 5.30. The summed E-state index contributed by atoms with van der Waals surface area (Å²) in [6.45, 7) is 8.36. The summed E-state index contributed by atoms with van der Waals surface area (Å²) in [5.74, 6) is -0.359. The van der Waals surface area contributed by atoms with E-state index in [1.807, 2.05) is 27.8 Å². The molecule has 2 heterocycles. The van der Waals surface area contributed by atoms with Crippen molar-refractivity contribution in [2.24, 2.45) is 5.92 Å². The Balaban J connectivity index is 2.25. The van der Waals surface area contributed by atoms with Crippen LogP contribution >= 0.6 is 23.2 Å². The number of aryl methyl sites for hydroxylation is 1. The van der Waals surface area contributed by atoms with E-state index in [0.29, 0.717) is 23.8 Å². The number of carbonyl (C=O) groups excluding carboxylic acids is 2. The van der Waals surface area contributed by atoms with Crippen LogP contribution in [-0.2, 0) is 4.74 Å². The molecule has 1 aromatic rings. The van der Waals surface area contributed by atoms with Crippen molar-refractivity contribution < 1.29 is 14.3 Å². The van der Waals surface area contributed by atoms with Crippen LogP contribution in [0.25, 0.3) is 0 Å². The molecule has 152 valence electrons. The van der Waals surface area contributed by atoms with E-state index in [1.165, 1.54) is 0 Å². The highest BCUT2D eigenvalue weighted by Crippen LogP contribution is 2.30. The van der Waals surface area contributed by atoms with Crippen LogP contribution in [0.15, 0.2) is 0 Å². The second-order valence-corrected chi connectivity index (χ2v) is 8.56. The van der Waals surface area contributed by atoms with Crippen LogP contribution in [0.1, 0.15) is 49.8 Å². The summed E-state index contributed by atoms with van der Waals surface area (Å²) in [5, 5.41) is 6.57. The van der Waals surface area contributed by atoms with Crippen molar-refractivity contribution in [3.05, 3.63) is 21.4 Å². The van der Waals surface area contributed by atoms with E-state index >= 15 is 0 Å². The molecule has 1 aliphatic heterocycles. The highest BCUT2D eigenvalue weighted by molar-refractivity contribution is 6.44. The quantitative estimate of drug-likeness (QED) is 0.697. The standard InChI is InChI=1S/C18H28Cl2N4O3/c1-10-12(19)13(20)14(22-10)16(25)23-15-11(9-21-5)7-6-8-24(15)17(26)27-18(2,3)4/h11,15,21-22H,6-9H2,1-5H3,(H,23,25)/t11-,15-/m0/s1. The predicted molar refractivity (Wildman–Crippen MR) is 106 cm³/mol. The topological polar surface area (TPSA) is 86.5 Å². The van der Waals surface area contributed by atoms with E-state index in [-0.39, 0.29) is 16.6 Å². The zero-order chi connectivity index (χ0) is 20.4. The Labute approximate surface area is 170 Å². The molecular weight excluding hydrogens is 391 g/mol. The molecule has 1 aliphatic rings. The number of likely N-dealkylation sites (tertiary alicyclic amines) is 1. The minimum Gasteiger partial charge on any atom is -0.444 e. The molecule has 1 saturated heterocycles. The summed E-state index contributed by atoms with van der Waals surface area (Å²) in [6, 6.07) is 0. The van der Waals surface area contributed by atoms with Gasteiger partial charge in [0.25, 0.3) is 5.91 Å². The van der Waals surface area contributed by atoms with Crippen molar-refractivity contribution in [1.29, 1.82) is 0 Å². The van der Waals surface area contributed by atoms with Crippen LogP contribution in [-0.4, -0.2) is 53.8 Å². The molecule has 0 spiro atoms. The summed E-state index contributed by atoms with van der Waals surface area (Å²) < 4.78 is 5.53. The smallest absolute Gasteiger partial charge is 0.411 e. The van der Waals surface area contributed by atoms with E-state index in [2.05, 4.69) is 15.6 Å². The fraction of sp³-hybridized carbons (Fsp3) is 0.667. The van der Waals surface area contributed by atoms with Crippen LogP contribution in [0.2, 0.25) is 10.0 Å². The molecule has 0 aliphatic carbocycles. The number of hydrogen-bond donors (Lipinski definition) is 3. The maximum atomic E-state index is 12.8. The second kappa shape index (κ2) is 8.71. The molecule has 27 heavy (non-hydrogen) atoms. The van der Waals surface area contributed by atoms with Crippen LogP contribution in [0, 0.1) is 12.8 Å². The van der Waals surface area contributed by atoms with Gasteiger partial charge in [0, 0.05) is 24.7 Å². The van der Waals surface area contributed by atoms with E-state index in [1.54, 1.807) is 11.8 Å². The third-order valence-corrected chi connectivity index (χ3v) is 5.36. The fourth-order valence-corrected chi connectivity index (χ4v) is 3.62. The van der Waals surface area contributed by atoms with Crippen molar-refractivity contribution in [2.45, 2.75) is 52.3 Å². The molecule has 3 N–H and O–H groups in total. The molecule has 1 fully saturated rings. The molecule has 1 aromatic heterocycles. The Hall–Kier alpha value is -1.44. The van der Waals surface area contributed by atoms with E-state index in [9.17, 15) is 9.59 Å². The summed E-state index contributed by atoms with van der Waals surface area (Å²) in [4.78, 5) is 30.0. The molecule has 0 radical (unpaired) electrons. The van der Waals surface area contributed by atoms with Gasteiger partial charge in [0.15, 0.2) is 0 Å². The largest absolute Gasteiger partial charge is 0.444 e. The van der Waals surface area contributed by atoms with Gasteiger partial charge in [-0.2, -0.15) is 0 Å². The van der Waals surface area contributed by atoms with E-state index in [4.69, 9.17) is 27.9 Å². The van der Waals surface area contributed by atoms with Gasteiger partial charge in [0.2, 0.25) is 0 Å². The summed E-state index contributed by atoms with van der Waals surface area (Å²) in [6.07, 6.45) is 0.766. The van der Waals surface area contributed by atoms with Gasteiger partial charge >= 0.3 is 6.09 Å². The number of halogens is 2. The molecule has 0 bridgehead atoms. The molecule has 2 amide bonds. The Morgan fingerprint density at radius 3 is 2.48 bits per heavy atom. The first kappa shape index (κ1) is 21.9. The number of nitrogens with zero attached hydrogens (tertiary/aromatic N) is 1. The lowest BCUT2D eigenvalue weighted by Crippen LogP contribution is -2.59. The van der Waals surface area contributed by atoms with Gasteiger partial charge in [-0.15, -0.1) is 0 Å². The summed E-state index contributed by atoms with van der Waals surface area (Å²) in [7, 11) is 1.84. The molecule has 0 aromatic carbocycles. The SMILES string of the molecule is CNC[C@@H]1CCCN(C(=O)OC(C)(C)C)[C@@H]1NC(=O)c1[nH]c(C)c(Cl)c1Cl. The Kier molecular flexibility index (Phi) is 7.05. The van der Waals surface area contributed by atoms with Crippen LogP contribution in [0.4, 0.5) is 4.79 Å². The molecular formula is C18H28Cl2N4O3. The van der Waals surface area contributed by atoms with Crippen molar-refractivity contribution in [3.63, 3.8) is 0 Å². The van der Waals surface area contributed by atoms with Crippen LogP contribution in [0.3, 0.4) is 0 Å². The van der Waals surface area contributed by atoms with Gasteiger partial charge in [-0.05, 0) is 47.6 Å². The van der Waals surface area contributed by atoms with Crippen molar-refractivity contribution >= 4 is 35.2 Å². The Morgan fingerprint density at radius 2 is 1.96 bits per heavy atom. The highest BCUT2D eigenvalue weighted by Gasteiger charge is 2.38. The summed E-state index contributed by atoms with van der Waals surface area (Å²) in [5.41, 5.74) is 0.193. The van der Waals surface area contributed by atoms with Gasteiger partial charge in [-0.1, -0.05) is 23.2 Å². The number of rotatable bonds is 4. The normalized spacial score (nSPS) is 20.5. The first-order valence-corrected chi connectivity index (χ1v) is 9.79. The lowest BCUT2D eigenvalue weighted by Gasteiger charge is -2.41. The number of aromatic nitrogens is 1. The average Bonchev–Trinajstić information content (AvgIpc) is 2.82. The summed E-state index contributed by atoms with van der Waals surface area (Å²) >= 11 is 12.2. The maximum absolute atomic E-state index is 12.8. The number of aromatic amines is 1. The molecule has 0 saturated carbocycles. The number of hydrogen-bond acceptors (Lipinski definition) is 4. The Bertz CT molecular complexity index is 698. The zero-order valence-corrected chi connectivity index (χ0v) is 17.9. The zero-order valence-electron chi connectivity index (χ0n) is 16.4. The minimum absolute atomic E-state index is 0.0468. The number of nitrogens with one attached hydrogen (secondary N) is 3. The van der Waals surface area contributed by atoms with Gasteiger partial charge in [-0.25, -0.2) is 4.79 Å². The van der Waals surface area contributed by atoms with Crippen LogP contribution in [0.5, 0.6) is 0 Å². The lowest BCUT2D eigenvalue weighted by atomic mass is 9.94. The fourth-order valence-electron chi connectivity index (χ4n) is 3.21. The monoisotopic (exact) mass is 418 g/mol. The first-order valence-electron chi connectivity index (χ1n) is 9.03. The number of piperidine rings is 1. The number of H-pyrrole nitrogens is 1. The van der Waals surface area contributed by atoms with Crippen molar-refractivity contribution in [2.75, 3.05) is 20.1 Å². The lowest BCUT2D eigenvalue weighted by molar-refractivity contribution is -0.00513. The molecule has 7 nitrogen and oxygen atoms in total. The highest BCUT2D eigenvalue weighted by atomic mass is 35.5. The van der Waals surface area contributed by atoms with E-state index < -0.39 is 23.8 Å². The Morgan fingerprint density at radius 1 is 1.30 bits per heavy atom. The van der Waals surface area contributed by atoms with Crippen LogP contribution < -0.4 is 10.6 Å². The second-order valence-electron chi connectivity index (χ2n) is 7.80. The van der Waals surface area contributed by atoms with Gasteiger partial charge < -0.3 is 20.4 Å². The number of carbonyl (C=O) groups is 2. The minimum atomic E-state index is -0.616. The molecule has 2 rings (SSSR count). The van der Waals surface area contributed by atoms with Crippen molar-refractivity contribution in [1.82, 2.24) is 20.5 Å². The molecule has 9 heteroatoms. The van der Waals surface area contributed by atoms with Crippen molar-refractivity contribution in [3.8, 4) is 0 Å². The van der Waals surface area contributed by atoms with E-state index in [0.717, 1.165) is 12.8 Å². The number of ether oxygens (including phenoxy) is 1. The first-order chi connectivity index (χ1) is 12.5. The van der Waals surface area contributed by atoms with Gasteiger partial charge in [-0.3, -0.25) is 9.69 Å². The predicted octanol–water partition coefficient (Wildman–Crippen LogP) is 3.55. The molecule has 2 atom stereocenters.